The number of methoxy groups -OCH3 is 2. The molecular formula is C19H17N3O2S. The molecule has 126 valence electrons. The van der Waals surface area contributed by atoms with Gasteiger partial charge in [-0.2, -0.15) is 0 Å². The van der Waals surface area contributed by atoms with Crippen LogP contribution < -0.4 is 4.74 Å². The van der Waals surface area contributed by atoms with Crippen molar-refractivity contribution in [3.63, 3.8) is 0 Å². The van der Waals surface area contributed by atoms with E-state index < -0.39 is 0 Å². The molecule has 4 rings (SSSR count). The number of ether oxygens (including phenoxy) is 2. The summed E-state index contributed by atoms with van der Waals surface area (Å²) in [7, 11) is 3.33. The Balaban J connectivity index is 1.90. The first-order valence-corrected chi connectivity index (χ1v) is 8.70. The lowest BCUT2D eigenvalue weighted by atomic mass is 10.1. The Bertz CT molecular complexity index is 1080. The summed E-state index contributed by atoms with van der Waals surface area (Å²) in [5, 5.41) is 0.936. The lowest BCUT2D eigenvalue weighted by molar-refractivity contribution is 0.181. The lowest BCUT2D eigenvalue weighted by Crippen LogP contribution is -1.96. The largest absolute Gasteiger partial charge is 0.497 e. The van der Waals surface area contributed by atoms with E-state index in [-0.39, 0.29) is 0 Å². The number of fused-ring (bicyclic) bond motifs is 2. The number of hydrogen-bond acceptors (Lipinski definition) is 6. The van der Waals surface area contributed by atoms with Gasteiger partial charge < -0.3 is 9.47 Å². The summed E-state index contributed by atoms with van der Waals surface area (Å²) in [6.07, 6.45) is 1.76. The van der Waals surface area contributed by atoms with Gasteiger partial charge in [0.05, 0.1) is 46.9 Å². The molecule has 0 bridgehead atoms. The van der Waals surface area contributed by atoms with E-state index in [9.17, 15) is 0 Å². The summed E-state index contributed by atoms with van der Waals surface area (Å²) in [6.45, 7) is 2.51. The molecule has 0 saturated heterocycles. The molecule has 2 heterocycles. The maximum atomic E-state index is 5.31. The lowest BCUT2D eigenvalue weighted by Gasteiger charge is -2.06. The van der Waals surface area contributed by atoms with Crippen LogP contribution >= 0.6 is 11.3 Å². The summed E-state index contributed by atoms with van der Waals surface area (Å²) in [4.78, 5) is 14.1. The molecule has 0 atom stereocenters. The van der Waals surface area contributed by atoms with Gasteiger partial charge in [0.25, 0.3) is 0 Å². The van der Waals surface area contributed by atoms with E-state index in [1.165, 1.54) is 0 Å². The Morgan fingerprint density at radius 3 is 2.72 bits per heavy atom. The van der Waals surface area contributed by atoms with Crippen molar-refractivity contribution in [2.45, 2.75) is 13.5 Å². The third-order valence-corrected chi connectivity index (χ3v) is 5.01. The van der Waals surface area contributed by atoms with Crippen LogP contribution in [0.5, 0.6) is 5.75 Å². The van der Waals surface area contributed by atoms with Gasteiger partial charge in [-0.1, -0.05) is 0 Å². The fraction of sp³-hybridized carbons (Fsp3) is 0.211. The molecule has 0 fully saturated rings. The molecule has 0 N–H and O–H groups in total. The van der Waals surface area contributed by atoms with Crippen LogP contribution in [0.3, 0.4) is 0 Å². The van der Waals surface area contributed by atoms with Gasteiger partial charge >= 0.3 is 0 Å². The second kappa shape index (κ2) is 6.38. The number of aromatic nitrogens is 3. The van der Waals surface area contributed by atoms with Gasteiger partial charge in [0.15, 0.2) is 0 Å². The van der Waals surface area contributed by atoms with Crippen LogP contribution in [-0.4, -0.2) is 29.2 Å². The molecule has 0 aliphatic rings. The zero-order valence-corrected chi connectivity index (χ0v) is 15.1. The molecule has 25 heavy (non-hydrogen) atoms. The minimum atomic E-state index is 0.452. The first-order valence-electron chi connectivity index (χ1n) is 7.88. The number of rotatable bonds is 4. The van der Waals surface area contributed by atoms with Crippen LogP contribution in [0, 0.1) is 6.92 Å². The molecule has 0 radical (unpaired) electrons. The van der Waals surface area contributed by atoms with Crippen LogP contribution in [0.1, 0.15) is 11.3 Å². The fourth-order valence-electron chi connectivity index (χ4n) is 2.83. The van der Waals surface area contributed by atoms with Crippen molar-refractivity contribution in [1.29, 1.82) is 0 Å². The van der Waals surface area contributed by atoms with Crippen molar-refractivity contribution in [3.8, 4) is 16.3 Å². The summed E-state index contributed by atoms with van der Waals surface area (Å²) in [5.41, 5.74) is 5.63. The van der Waals surface area contributed by atoms with E-state index in [0.717, 1.165) is 48.8 Å². The predicted octanol–water partition coefficient (Wildman–Crippen LogP) is 4.37. The van der Waals surface area contributed by atoms with Crippen LogP contribution in [0.25, 0.3) is 31.8 Å². The van der Waals surface area contributed by atoms with Crippen LogP contribution in [0.15, 0.2) is 36.5 Å². The van der Waals surface area contributed by atoms with Gasteiger partial charge in [0.1, 0.15) is 10.8 Å². The number of benzene rings is 2. The SMILES string of the molecule is COCc1cnc2c(-c3nc4ccc(OC)cc4s3)cc(C)cc2n1. The van der Waals surface area contributed by atoms with Crippen LogP contribution in [0.2, 0.25) is 0 Å². The van der Waals surface area contributed by atoms with E-state index in [1.807, 2.05) is 24.3 Å². The second-order valence-corrected chi connectivity index (χ2v) is 6.86. The fourth-order valence-corrected chi connectivity index (χ4v) is 3.84. The van der Waals surface area contributed by atoms with Crippen molar-refractivity contribution in [1.82, 2.24) is 15.0 Å². The average Bonchev–Trinajstić information content (AvgIpc) is 3.03. The smallest absolute Gasteiger partial charge is 0.126 e. The molecule has 4 aromatic rings. The van der Waals surface area contributed by atoms with Gasteiger partial charge in [-0.25, -0.2) is 9.97 Å². The third kappa shape index (κ3) is 2.94. The predicted molar refractivity (Wildman–Crippen MR) is 100 cm³/mol. The van der Waals surface area contributed by atoms with Gasteiger partial charge in [-0.05, 0) is 42.8 Å². The van der Waals surface area contributed by atoms with Gasteiger partial charge in [-0.3, -0.25) is 4.98 Å². The van der Waals surface area contributed by atoms with Crippen molar-refractivity contribution in [2.24, 2.45) is 0 Å². The minimum absolute atomic E-state index is 0.452. The molecule has 0 spiro atoms. The maximum Gasteiger partial charge on any atom is 0.126 e. The molecule has 0 aliphatic heterocycles. The first kappa shape index (κ1) is 15.9. The van der Waals surface area contributed by atoms with E-state index in [0.29, 0.717) is 6.61 Å². The first-order chi connectivity index (χ1) is 12.2. The van der Waals surface area contributed by atoms with Crippen molar-refractivity contribution in [2.75, 3.05) is 14.2 Å². The van der Waals surface area contributed by atoms with E-state index >= 15 is 0 Å². The monoisotopic (exact) mass is 351 g/mol. The molecule has 2 aromatic carbocycles. The maximum absolute atomic E-state index is 5.31. The molecule has 0 saturated carbocycles. The van der Waals surface area contributed by atoms with Gasteiger partial charge in [-0.15, -0.1) is 11.3 Å². The Morgan fingerprint density at radius 2 is 1.92 bits per heavy atom. The highest BCUT2D eigenvalue weighted by Crippen LogP contribution is 2.35. The molecule has 0 unspecified atom stereocenters. The Labute approximate surface area is 149 Å². The summed E-state index contributed by atoms with van der Waals surface area (Å²) in [5.74, 6) is 0.834. The third-order valence-electron chi connectivity index (χ3n) is 3.96. The Morgan fingerprint density at radius 1 is 1.04 bits per heavy atom. The van der Waals surface area contributed by atoms with Gasteiger partial charge in [0.2, 0.25) is 0 Å². The molecule has 0 aliphatic carbocycles. The highest BCUT2D eigenvalue weighted by molar-refractivity contribution is 7.21. The van der Waals surface area contributed by atoms with E-state index in [4.69, 9.17) is 14.5 Å². The number of aryl methyl sites for hydroxylation is 1. The van der Waals surface area contributed by atoms with E-state index in [1.54, 1.807) is 31.8 Å². The highest BCUT2D eigenvalue weighted by Gasteiger charge is 2.13. The zero-order valence-electron chi connectivity index (χ0n) is 14.2. The normalized spacial score (nSPS) is 11.3. The Kier molecular flexibility index (Phi) is 4.07. The van der Waals surface area contributed by atoms with Crippen LogP contribution in [0.4, 0.5) is 0 Å². The molecular weight excluding hydrogens is 334 g/mol. The molecule has 6 heteroatoms. The highest BCUT2D eigenvalue weighted by atomic mass is 32.1. The standard InChI is InChI=1S/C19H17N3O2S/c1-11-6-14(18-16(7-11)21-12(9-20-18)10-23-2)19-22-15-5-4-13(24-3)8-17(15)25-19/h4-9H,10H2,1-3H3. The summed E-state index contributed by atoms with van der Waals surface area (Å²) >= 11 is 1.63. The van der Waals surface area contributed by atoms with E-state index in [2.05, 4.69) is 23.0 Å². The van der Waals surface area contributed by atoms with Crippen molar-refractivity contribution in [3.05, 3.63) is 47.8 Å². The van der Waals surface area contributed by atoms with Crippen molar-refractivity contribution >= 4 is 32.6 Å². The topological polar surface area (TPSA) is 57.1 Å². The molecule has 2 aromatic heterocycles. The summed E-state index contributed by atoms with van der Waals surface area (Å²) < 4.78 is 11.6. The average molecular weight is 351 g/mol. The van der Waals surface area contributed by atoms with Crippen LogP contribution in [-0.2, 0) is 11.3 Å². The summed E-state index contributed by atoms with van der Waals surface area (Å²) in [6, 6.07) is 10.1. The number of hydrogen-bond donors (Lipinski definition) is 0. The molecule has 0 amide bonds. The molecule has 5 nitrogen and oxygen atoms in total. The minimum Gasteiger partial charge on any atom is -0.497 e. The number of nitrogens with zero attached hydrogens (tertiary/aromatic N) is 3. The van der Waals surface area contributed by atoms with Gasteiger partial charge in [0, 0.05) is 12.7 Å². The van der Waals surface area contributed by atoms with Crippen molar-refractivity contribution < 1.29 is 9.47 Å². The zero-order chi connectivity index (χ0) is 17.4. The number of thiazole rings is 1. The quantitative estimate of drug-likeness (QED) is 0.546. The second-order valence-electron chi connectivity index (χ2n) is 5.83. The Hall–Kier alpha value is -2.57.